The van der Waals surface area contributed by atoms with Gasteiger partial charge in [-0.3, -0.25) is 4.79 Å². The molecule has 5 heteroatoms. The molecule has 0 aromatic heterocycles. The highest BCUT2D eigenvalue weighted by molar-refractivity contribution is 9.10. The first kappa shape index (κ1) is 22.9. The maximum atomic E-state index is 12.4. The van der Waals surface area contributed by atoms with Gasteiger partial charge in [-0.1, -0.05) is 66.2 Å². The van der Waals surface area contributed by atoms with Crippen molar-refractivity contribution in [3.05, 3.63) is 88.4 Å². The topological polar surface area (TPSA) is 47.6 Å². The first-order valence-electron chi connectivity index (χ1n) is 10.5. The van der Waals surface area contributed by atoms with Crippen molar-refractivity contribution in [2.75, 3.05) is 18.5 Å². The Morgan fingerprint density at radius 3 is 2.55 bits per heavy atom. The van der Waals surface area contributed by atoms with Crippen LogP contribution in [0.25, 0.3) is 0 Å². The Morgan fingerprint density at radius 2 is 1.77 bits per heavy atom. The van der Waals surface area contributed by atoms with E-state index in [0.29, 0.717) is 18.2 Å². The van der Waals surface area contributed by atoms with Crippen LogP contribution in [0.5, 0.6) is 11.5 Å². The van der Waals surface area contributed by atoms with Gasteiger partial charge in [-0.05, 0) is 60.2 Å². The number of ether oxygens (including phenoxy) is 2. The number of hydrogen-bond acceptors (Lipinski definition) is 3. The van der Waals surface area contributed by atoms with Crippen LogP contribution in [0.2, 0.25) is 0 Å². The quantitative estimate of drug-likeness (QED) is 0.331. The second-order valence-corrected chi connectivity index (χ2v) is 8.55. The molecule has 0 heterocycles. The van der Waals surface area contributed by atoms with Crippen molar-refractivity contribution < 1.29 is 14.3 Å². The number of hydrogen-bond donors (Lipinski definition) is 1. The van der Waals surface area contributed by atoms with Crippen LogP contribution >= 0.6 is 15.9 Å². The van der Waals surface area contributed by atoms with E-state index >= 15 is 0 Å². The van der Waals surface area contributed by atoms with Crippen LogP contribution in [-0.2, 0) is 11.2 Å². The minimum absolute atomic E-state index is 0.0521. The second kappa shape index (κ2) is 11.6. The average Bonchev–Trinajstić information content (AvgIpc) is 2.77. The largest absolute Gasteiger partial charge is 0.494 e. The molecule has 0 radical (unpaired) electrons. The van der Waals surface area contributed by atoms with E-state index in [2.05, 4.69) is 47.2 Å². The molecular formula is C26H28BrNO3. The molecule has 1 amide bonds. The van der Waals surface area contributed by atoms with E-state index in [4.69, 9.17) is 9.47 Å². The summed E-state index contributed by atoms with van der Waals surface area (Å²) in [5.41, 5.74) is 3.06. The van der Waals surface area contributed by atoms with Gasteiger partial charge in [-0.2, -0.15) is 0 Å². The summed E-state index contributed by atoms with van der Waals surface area (Å²) in [5, 5.41) is 2.88. The zero-order valence-electron chi connectivity index (χ0n) is 17.9. The normalized spacial score (nSPS) is 10.7. The van der Waals surface area contributed by atoms with E-state index in [1.54, 1.807) is 0 Å². The third-order valence-electron chi connectivity index (χ3n) is 4.79. The van der Waals surface area contributed by atoms with Crippen LogP contribution in [0.4, 0.5) is 5.69 Å². The summed E-state index contributed by atoms with van der Waals surface area (Å²) in [6.45, 7) is 4.76. The first-order chi connectivity index (χ1) is 15.0. The number of nitrogens with one attached hydrogen (secondary N) is 1. The van der Waals surface area contributed by atoms with Crippen molar-refractivity contribution in [1.29, 1.82) is 0 Å². The maximum Gasteiger partial charge on any atom is 0.262 e. The van der Waals surface area contributed by atoms with Crippen molar-refractivity contribution in [2.45, 2.75) is 32.6 Å². The minimum atomic E-state index is -0.209. The number of benzene rings is 3. The van der Waals surface area contributed by atoms with Crippen LogP contribution < -0.4 is 14.8 Å². The standard InChI is InChI=1S/C26H28BrNO3/c1-19(2)24-16-21(27)13-14-25(24)31-18-26(29)28-22-11-6-12-23(17-22)30-15-7-10-20-8-4-3-5-9-20/h3-6,8-9,11-14,16-17,19H,7,10,15,18H2,1-2H3,(H,28,29). The molecule has 0 bridgehead atoms. The first-order valence-corrected chi connectivity index (χ1v) is 11.3. The Morgan fingerprint density at radius 1 is 0.968 bits per heavy atom. The Balaban J connectivity index is 1.47. The molecule has 0 saturated carbocycles. The van der Waals surface area contributed by atoms with Gasteiger partial charge in [0.25, 0.3) is 5.91 Å². The molecule has 4 nitrogen and oxygen atoms in total. The van der Waals surface area contributed by atoms with Gasteiger partial charge in [0, 0.05) is 16.2 Å². The summed E-state index contributed by atoms with van der Waals surface area (Å²) in [4.78, 5) is 12.4. The van der Waals surface area contributed by atoms with Crippen molar-refractivity contribution in [1.82, 2.24) is 0 Å². The van der Waals surface area contributed by atoms with Crippen molar-refractivity contribution in [3.8, 4) is 11.5 Å². The Kier molecular flexibility index (Phi) is 8.53. The molecule has 3 aromatic rings. The van der Waals surface area contributed by atoms with Crippen molar-refractivity contribution >= 4 is 27.5 Å². The molecule has 0 fully saturated rings. The number of carbonyl (C=O) groups excluding carboxylic acids is 1. The summed E-state index contributed by atoms with van der Waals surface area (Å²) in [6.07, 6.45) is 1.91. The van der Waals surface area contributed by atoms with E-state index in [0.717, 1.165) is 34.4 Å². The minimum Gasteiger partial charge on any atom is -0.494 e. The van der Waals surface area contributed by atoms with Gasteiger partial charge in [0.2, 0.25) is 0 Å². The zero-order chi connectivity index (χ0) is 22.1. The lowest BCUT2D eigenvalue weighted by atomic mass is 10.0. The fourth-order valence-corrected chi connectivity index (χ4v) is 3.60. The lowest BCUT2D eigenvalue weighted by Crippen LogP contribution is -2.20. The Bertz CT molecular complexity index is 989. The van der Waals surface area contributed by atoms with Gasteiger partial charge in [-0.15, -0.1) is 0 Å². The summed E-state index contributed by atoms with van der Waals surface area (Å²) in [6, 6.07) is 23.6. The fourth-order valence-electron chi connectivity index (χ4n) is 3.22. The summed E-state index contributed by atoms with van der Waals surface area (Å²) < 4.78 is 12.6. The Labute approximate surface area is 192 Å². The van der Waals surface area contributed by atoms with E-state index in [1.807, 2.05) is 60.7 Å². The predicted molar refractivity (Wildman–Crippen MR) is 129 cm³/mol. The molecule has 3 rings (SSSR count). The number of amides is 1. The number of aryl methyl sites for hydroxylation is 1. The fraction of sp³-hybridized carbons (Fsp3) is 0.269. The molecule has 0 spiro atoms. The van der Waals surface area contributed by atoms with Crippen molar-refractivity contribution in [3.63, 3.8) is 0 Å². The highest BCUT2D eigenvalue weighted by atomic mass is 79.9. The SMILES string of the molecule is CC(C)c1cc(Br)ccc1OCC(=O)Nc1cccc(OCCCc2ccccc2)c1. The third-order valence-corrected chi connectivity index (χ3v) is 5.28. The molecule has 0 aliphatic carbocycles. The molecule has 3 aromatic carbocycles. The monoisotopic (exact) mass is 481 g/mol. The average molecular weight is 482 g/mol. The van der Waals surface area contributed by atoms with E-state index in [9.17, 15) is 4.79 Å². The summed E-state index contributed by atoms with van der Waals surface area (Å²) in [5.74, 6) is 1.55. The highest BCUT2D eigenvalue weighted by Gasteiger charge is 2.11. The van der Waals surface area contributed by atoms with E-state index < -0.39 is 0 Å². The van der Waals surface area contributed by atoms with Crippen LogP contribution in [0.1, 0.15) is 37.3 Å². The third kappa shape index (κ3) is 7.44. The van der Waals surface area contributed by atoms with Gasteiger partial charge < -0.3 is 14.8 Å². The molecule has 0 aliphatic heterocycles. The lowest BCUT2D eigenvalue weighted by Gasteiger charge is -2.14. The van der Waals surface area contributed by atoms with Gasteiger partial charge in [0.05, 0.1) is 6.61 Å². The molecule has 0 saturated heterocycles. The molecule has 162 valence electrons. The van der Waals surface area contributed by atoms with Gasteiger partial charge >= 0.3 is 0 Å². The number of halogens is 1. The van der Waals surface area contributed by atoms with Gasteiger partial charge in [0.1, 0.15) is 11.5 Å². The van der Waals surface area contributed by atoms with Crippen LogP contribution in [0.15, 0.2) is 77.3 Å². The summed E-state index contributed by atoms with van der Waals surface area (Å²) >= 11 is 3.48. The highest BCUT2D eigenvalue weighted by Crippen LogP contribution is 2.29. The zero-order valence-corrected chi connectivity index (χ0v) is 19.5. The maximum absolute atomic E-state index is 12.4. The molecule has 0 aliphatic rings. The van der Waals surface area contributed by atoms with Crippen LogP contribution in [0.3, 0.4) is 0 Å². The van der Waals surface area contributed by atoms with Gasteiger partial charge in [-0.25, -0.2) is 0 Å². The molecule has 0 unspecified atom stereocenters. The molecular weight excluding hydrogens is 454 g/mol. The number of rotatable bonds is 10. The van der Waals surface area contributed by atoms with Crippen LogP contribution in [-0.4, -0.2) is 19.1 Å². The number of carbonyl (C=O) groups is 1. The summed E-state index contributed by atoms with van der Waals surface area (Å²) in [7, 11) is 0. The van der Waals surface area contributed by atoms with Crippen LogP contribution in [0, 0.1) is 0 Å². The molecule has 0 atom stereocenters. The number of anilines is 1. The predicted octanol–water partition coefficient (Wildman–Crippen LogP) is 6.60. The molecule has 1 N–H and O–H groups in total. The van der Waals surface area contributed by atoms with E-state index in [-0.39, 0.29) is 12.5 Å². The lowest BCUT2D eigenvalue weighted by molar-refractivity contribution is -0.118. The molecule has 31 heavy (non-hydrogen) atoms. The second-order valence-electron chi connectivity index (χ2n) is 7.64. The Hall–Kier alpha value is -2.79. The smallest absolute Gasteiger partial charge is 0.262 e. The van der Waals surface area contributed by atoms with Crippen molar-refractivity contribution in [2.24, 2.45) is 0 Å². The van der Waals surface area contributed by atoms with E-state index in [1.165, 1.54) is 5.56 Å². The van der Waals surface area contributed by atoms with Gasteiger partial charge in [0.15, 0.2) is 6.61 Å².